The minimum absolute atomic E-state index is 0.142. The molecule has 0 fully saturated rings. The van der Waals surface area contributed by atoms with Gasteiger partial charge in [-0.3, -0.25) is 4.79 Å². The molecule has 0 radical (unpaired) electrons. The fourth-order valence-corrected chi connectivity index (χ4v) is 3.70. The summed E-state index contributed by atoms with van der Waals surface area (Å²) >= 11 is 13.5. The zero-order valence-corrected chi connectivity index (χ0v) is 19.3. The number of nitrogens with one attached hydrogen (secondary N) is 1. The average Bonchev–Trinajstić information content (AvgIpc) is 3.24. The minimum Gasteiger partial charge on any atom is -0.458 e. The summed E-state index contributed by atoms with van der Waals surface area (Å²) in [5, 5.41) is 3.25. The van der Waals surface area contributed by atoms with Gasteiger partial charge in [-0.1, -0.05) is 23.2 Å². The fourth-order valence-electron chi connectivity index (χ4n) is 2.74. The number of hydrogen-bond acceptors (Lipinski definition) is 6. The van der Waals surface area contributed by atoms with Crippen molar-refractivity contribution in [2.75, 3.05) is 12.0 Å². The topological polar surface area (TPSA) is 81.4 Å². The lowest BCUT2D eigenvalue weighted by atomic mass is 10.1. The van der Waals surface area contributed by atoms with Crippen LogP contribution in [0.1, 0.15) is 22.5 Å². The van der Waals surface area contributed by atoms with Crippen molar-refractivity contribution in [1.29, 1.82) is 0 Å². The largest absolute Gasteiger partial charge is 0.458 e. The molecule has 1 amide bonds. The molecule has 3 rings (SSSR count). The molecule has 3 aromatic rings. The predicted octanol–water partition coefficient (Wildman–Crippen LogP) is 5.38. The second-order valence-electron chi connectivity index (χ2n) is 6.69. The lowest BCUT2D eigenvalue weighted by Gasteiger charge is -2.17. The highest BCUT2D eigenvalue weighted by atomic mass is 35.5. The van der Waals surface area contributed by atoms with Gasteiger partial charge in [0.1, 0.15) is 30.4 Å². The van der Waals surface area contributed by atoms with Crippen LogP contribution in [-0.2, 0) is 16.1 Å². The third kappa shape index (κ3) is 6.48. The quantitative estimate of drug-likeness (QED) is 0.400. The number of rotatable bonds is 9. The first kappa shape index (κ1) is 24.1. The van der Waals surface area contributed by atoms with E-state index in [2.05, 4.69) is 10.3 Å². The molecule has 6 nitrogen and oxygen atoms in total. The summed E-state index contributed by atoms with van der Waals surface area (Å²) in [5.74, 6) is -0.570. The molecule has 1 heterocycles. The van der Waals surface area contributed by atoms with Crippen molar-refractivity contribution in [3.05, 3.63) is 75.8 Å². The number of halogens is 3. The van der Waals surface area contributed by atoms with Crippen molar-refractivity contribution < 1.29 is 23.1 Å². The second-order valence-corrected chi connectivity index (χ2v) is 8.52. The first-order valence-corrected chi connectivity index (χ1v) is 11.6. The smallest absolute Gasteiger partial charge is 0.329 e. The van der Waals surface area contributed by atoms with Crippen LogP contribution < -0.4 is 5.32 Å². The van der Waals surface area contributed by atoms with E-state index in [1.165, 1.54) is 54.4 Å². The molecule has 1 atom stereocenters. The molecular weight excluding hydrogens is 478 g/mol. The fraction of sp³-hybridized carbons (Fsp3) is 0.227. The molecule has 0 bridgehead atoms. The van der Waals surface area contributed by atoms with E-state index in [9.17, 15) is 14.0 Å². The monoisotopic (exact) mass is 496 g/mol. The van der Waals surface area contributed by atoms with Crippen LogP contribution in [0.2, 0.25) is 10.0 Å². The molecule has 0 saturated carbocycles. The standard InChI is InChI=1S/C22H19Cl2FN2O4S/c1-32-9-8-19(27-20(28)17-7-4-14(23)10-18(17)24)22(29)31-12-16-11-30-21(26-16)13-2-5-15(25)6-3-13/h2-7,10-11,19H,8-9,12H2,1H3,(H,27,28). The summed E-state index contributed by atoms with van der Waals surface area (Å²) in [6.07, 6.45) is 3.62. The van der Waals surface area contributed by atoms with E-state index in [0.717, 1.165) is 0 Å². The third-order valence-electron chi connectivity index (χ3n) is 4.38. The Morgan fingerprint density at radius 2 is 1.97 bits per heavy atom. The van der Waals surface area contributed by atoms with Gasteiger partial charge in [-0.15, -0.1) is 0 Å². The Hall–Kier alpha value is -2.55. The molecule has 32 heavy (non-hydrogen) atoms. The summed E-state index contributed by atoms with van der Waals surface area (Å²) in [4.78, 5) is 29.5. The van der Waals surface area contributed by atoms with Crippen molar-refractivity contribution in [3.8, 4) is 11.5 Å². The van der Waals surface area contributed by atoms with Gasteiger partial charge in [0.15, 0.2) is 0 Å². The third-order valence-corrected chi connectivity index (χ3v) is 5.57. The lowest BCUT2D eigenvalue weighted by Crippen LogP contribution is -2.42. The van der Waals surface area contributed by atoms with Crippen LogP contribution in [0.25, 0.3) is 11.5 Å². The highest BCUT2D eigenvalue weighted by molar-refractivity contribution is 7.98. The Morgan fingerprint density at radius 3 is 2.66 bits per heavy atom. The number of carbonyl (C=O) groups excluding carboxylic acids is 2. The Labute approximate surface area is 198 Å². The number of aromatic nitrogens is 1. The predicted molar refractivity (Wildman–Crippen MR) is 122 cm³/mol. The summed E-state index contributed by atoms with van der Waals surface area (Å²) in [5.41, 5.74) is 1.18. The van der Waals surface area contributed by atoms with Crippen molar-refractivity contribution >= 4 is 46.8 Å². The molecule has 2 aromatic carbocycles. The maximum absolute atomic E-state index is 13.1. The van der Waals surface area contributed by atoms with Gasteiger partial charge in [-0.05, 0) is 60.9 Å². The Kier molecular flexibility index (Phi) is 8.55. The van der Waals surface area contributed by atoms with E-state index < -0.39 is 17.9 Å². The van der Waals surface area contributed by atoms with Gasteiger partial charge < -0.3 is 14.5 Å². The van der Waals surface area contributed by atoms with E-state index in [0.29, 0.717) is 28.5 Å². The number of hydrogen-bond donors (Lipinski definition) is 1. The van der Waals surface area contributed by atoms with Crippen LogP contribution in [-0.4, -0.2) is 34.9 Å². The van der Waals surface area contributed by atoms with Gasteiger partial charge in [0, 0.05) is 10.6 Å². The Bertz CT molecular complexity index is 1090. The SMILES string of the molecule is CSCCC(NC(=O)c1ccc(Cl)cc1Cl)C(=O)OCc1coc(-c2ccc(F)cc2)n1. The number of benzene rings is 2. The number of oxazole rings is 1. The average molecular weight is 497 g/mol. The molecule has 0 aliphatic carbocycles. The normalized spacial score (nSPS) is 11.8. The minimum atomic E-state index is -0.870. The second kappa shape index (κ2) is 11.4. The zero-order valence-electron chi connectivity index (χ0n) is 16.9. The van der Waals surface area contributed by atoms with E-state index in [1.54, 1.807) is 6.07 Å². The van der Waals surface area contributed by atoms with E-state index >= 15 is 0 Å². The molecule has 10 heteroatoms. The Balaban J connectivity index is 1.63. The molecule has 168 valence electrons. The van der Waals surface area contributed by atoms with E-state index in [4.69, 9.17) is 32.4 Å². The maximum atomic E-state index is 13.1. The molecule has 0 aliphatic rings. The molecule has 1 N–H and O–H groups in total. The van der Waals surface area contributed by atoms with Crippen LogP contribution in [0.15, 0.2) is 53.1 Å². The maximum Gasteiger partial charge on any atom is 0.329 e. The van der Waals surface area contributed by atoms with Gasteiger partial charge in [-0.2, -0.15) is 11.8 Å². The van der Waals surface area contributed by atoms with Gasteiger partial charge in [0.2, 0.25) is 5.89 Å². The van der Waals surface area contributed by atoms with Crippen molar-refractivity contribution in [1.82, 2.24) is 10.3 Å². The van der Waals surface area contributed by atoms with Crippen LogP contribution in [0.5, 0.6) is 0 Å². The number of nitrogens with zero attached hydrogens (tertiary/aromatic N) is 1. The number of carbonyl (C=O) groups is 2. The molecular formula is C22H19Cl2FN2O4S. The zero-order chi connectivity index (χ0) is 23.1. The first-order chi connectivity index (χ1) is 15.4. The summed E-state index contributed by atoms with van der Waals surface area (Å²) in [6.45, 7) is -0.142. The molecule has 1 unspecified atom stereocenters. The van der Waals surface area contributed by atoms with Crippen molar-refractivity contribution in [3.63, 3.8) is 0 Å². The van der Waals surface area contributed by atoms with Crippen LogP contribution in [0.4, 0.5) is 4.39 Å². The van der Waals surface area contributed by atoms with Gasteiger partial charge in [0.25, 0.3) is 5.91 Å². The van der Waals surface area contributed by atoms with Crippen molar-refractivity contribution in [2.45, 2.75) is 19.1 Å². The highest BCUT2D eigenvalue weighted by Gasteiger charge is 2.24. The van der Waals surface area contributed by atoms with Gasteiger partial charge in [-0.25, -0.2) is 14.2 Å². The van der Waals surface area contributed by atoms with Gasteiger partial charge in [0.05, 0.1) is 10.6 Å². The van der Waals surface area contributed by atoms with Crippen LogP contribution in [0, 0.1) is 5.82 Å². The number of amides is 1. The highest BCUT2D eigenvalue weighted by Crippen LogP contribution is 2.22. The Morgan fingerprint density at radius 1 is 1.22 bits per heavy atom. The van der Waals surface area contributed by atoms with E-state index in [1.807, 2.05) is 6.26 Å². The molecule has 0 spiro atoms. The molecule has 1 aromatic heterocycles. The van der Waals surface area contributed by atoms with Crippen molar-refractivity contribution in [2.24, 2.45) is 0 Å². The lowest BCUT2D eigenvalue weighted by molar-refractivity contribution is -0.147. The van der Waals surface area contributed by atoms with Crippen LogP contribution >= 0.6 is 35.0 Å². The molecule has 0 aliphatic heterocycles. The summed E-state index contributed by atoms with van der Waals surface area (Å²) in [7, 11) is 0. The van der Waals surface area contributed by atoms with Gasteiger partial charge >= 0.3 is 5.97 Å². The number of ether oxygens (including phenoxy) is 1. The summed E-state index contributed by atoms with van der Waals surface area (Å²) in [6, 6.07) is 9.28. The summed E-state index contributed by atoms with van der Waals surface area (Å²) < 4.78 is 23.8. The number of thioether (sulfide) groups is 1. The molecule has 0 saturated heterocycles. The van der Waals surface area contributed by atoms with E-state index in [-0.39, 0.29) is 28.9 Å². The van der Waals surface area contributed by atoms with Crippen LogP contribution in [0.3, 0.4) is 0 Å². The first-order valence-electron chi connectivity index (χ1n) is 9.49. The number of esters is 1.